The van der Waals surface area contributed by atoms with Crippen LogP contribution in [0.2, 0.25) is 0 Å². The van der Waals surface area contributed by atoms with Gasteiger partial charge in [0.1, 0.15) is 12.1 Å². The van der Waals surface area contributed by atoms with Gasteiger partial charge in [-0.2, -0.15) is 0 Å². The third-order valence-corrected chi connectivity index (χ3v) is 2.22. The zero-order valence-electron chi connectivity index (χ0n) is 7.27. The van der Waals surface area contributed by atoms with Gasteiger partial charge in [-0.25, -0.2) is 0 Å². The van der Waals surface area contributed by atoms with Crippen LogP contribution in [0.15, 0.2) is 0 Å². The maximum Gasteiger partial charge on any atom is 0.239 e. The van der Waals surface area contributed by atoms with E-state index in [4.69, 9.17) is 5.11 Å². The van der Waals surface area contributed by atoms with Crippen molar-refractivity contribution in [1.29, 1.82) is 0 Å². The normalized spacial score (nSPS) is 39.1. The lowest BCUT2D eigenvalue weighted by Gasteiger charge is -2.13. The van der Waals surface area contributed by atoms with E-state index in [2.05, 4.69) is 10.6 Å². The van der Waals surface area contributed by atoms with Crippen molar-refractivity contribution in [3.8, 4) is 0 Å². The molecule has 1 rings (SSSR count). The molecule has 0 aromatic rings. The Morgan fingerprint density at radius 1 is 1.46 bits per heavy atom. The molecule has 1 aliphatic rings. The lowest BCUT2D eigenvalue weighted by molar-refractivity contribution is -0.125. The molecule has 1 fully saturated rings. The average Bonchev–Trinajstić information content (AvgIpc) is 2.43. The Labute approximate surface area is 75.6 Å². The van der Waals surface area contributed by atoms with Crippen LogP contribution in [0.3, 0.4) is 0 Å². The smallest absolute Gasteiger partial charge is 0.239 e. The number of nitrogens with one attached hydrogen (secondary N) is 2. The first kappa shape index (κ1) is 10.4. The number of aliphatic hydroxyl groups is 3. The minimum atomic E-state index is -1.17. The molecule has 1 amide bonds. The summed E-state index contributed by atoms with van der Waals surface area (Å²) >= 11 is 0. The molecule has 0 aromatic heterocycles. The minimum absolute atomic E-state index is 0.314. The molecule has 0 bridgehead atoms. The Hall–Kier alpha value is -0.690. The molecule has 76 valence electrons. The highest BCUT2D eigenvalue weighted by Crippen LogP contribution is 2.14. The molecule has 0 saturated carbocycles. The monoisotopic (exact) mass is 190 g/mol. The maximum atomic E-state index is 11.1. The number of amides is 1. The zero-order chi connectivity index (χ0) is 10.0. The number of aliphatic hydroxyl groups excluding tert-OH is 3. The summed E-state index contributed by atoms with van der Waals surface area (Å²) in [6, 6.07) is -1.49. The maximum absolute atomic E-state index is 11.1. The molecule has 13 heavy (non-hydrogen) atoms. The first-order valence-corrected chi connectivity index (χ1v) is 4.06. The summed E-state index contributed by atoms with van der Waals surface area (Å²) in [5.41, 5.74) is 0. The quantitative estimate of drug-likeness (QED) is 0.315. The van der Waals surface area contributed by atoms with Gasteiger partial charge >= 0.3 is 0 Å². The largest absolute Gasteiger partial charge is 0.395 e. The van der Waals surface area contributed by atoms with E-state index in [9.17, 15) is 15.0 Å². The van der Waals surface area contributed by atoms with Crippen LogP contribution in [-0.2, 0) is 4.79 Å². The van der Waals surface area contributed by atoms with Crippen molar-refractivity contribution in [2.75, 3.05) is 13.7 Å². The number of carbonyl (C=O) groups is 1. The second-order valence-electron chi connectivity index (χ2n) is 3.03. The second-order valence-corrected chi connectivity index (χ2v) is 3.03. The van der Waals surface area contributed by atoms with Gasteiger partial charge in [0.15, 0.2) is 0 Å². The van der Waals surface area contributed by atoms with Gasteiger partial charge < -0.3 is 20.6 Å². The third-order valence-electron chi connectivity index (χ3n) is 2.22. The van der Waals surface area contributed by atoms with Gasteiger partial charge in [0.25, 0.3) is 0 Å². The van der Waals surface area contributed by atoms with Crippen LogP contribution in [0.1, 0.15) is 0 Å². The van der Waals surface area contributed by atoms with Crippen LogP contribution in [0.4, 0.5) is 0 Å². The summed E-state index contributed by atoms with van der Waals surface area (Å²) in [6.45, 7) is -0.314. The van der Waals surface area contributed by atoms with E-state index in [1.54, 1.807) is 0 Å². The number of rotatable bonds is 2. The van der Waals surface area contributed by atoms with Crippen LogP contribution in [0.25, 0.3) is 0 Å². The number of carbonyl (C=O) groups excluding carboxylic acids is 1. The summed E-state index contributed by atoms with van der Waals surface area (Å²) in [6.07, 6.45) is -2.27. The predicted octanol–water partition coefficient (Wildman–Crippen LogP) is -3.21. The minimum Gasteiger partial charge on any atom is -0.395 e. The van der Waals surface area contributed by atoms with Crippen LogP contribution in [-0.4, -0.2) is 59.2 Å². The fourth-order valence-corrected chi connectivity index (χ4v) is 1.41. The number of hydrogen-bond donors (Lipinski definition) is 5. The highest BCUT2D eigenvalue weighted by molar-refractivity contribution is 5.82. The molecule has 0 aliphatic carbocycles. The van der Waals surface area contributed by atoms with Crippen LogP contribution in [0.5, 0.6) is 0 Å². The van der Waals surface area contributed by atoms with Crippen molar-refractivity contribution in [2.45, 2.75) is 24.3 Å². The fraction of sp³-hybridized carbons (Fsp3) is 0.857. The Balaban J connectivity index is 2.65. The molecule has 6 nitrogen and oxygen atoms in total. The molecule has 1 aliphatic heterocycles. The van der Waals surface area contributed by atoms with Gasteiger partial charge in [0.2, 0.25) is 5.91 Å². The van der Waals surface area contributed by atoms with E-state index in [0.717, 1.165) is 0 Å². The summed E-state index contributed by atoms with van der Waals surface area (Å²) in [5, 5.41) is 32.4. The molecule has 1 heterocycles. The van der Waals surface area contributed by atoms with E-state index in [1.165, 1.54) is 7.05 Å². The van der Waals surface area contributed by atoms with Crippen molar-refractivity contribution >= 4 is 5.91 Å². The Morgan fingerprint density at radius 2 is 2.08 bits per heavy atom. The van der Waals surface area contributed by atoms with Crippen molar-refractivity contribution in [3.63, 3.8) is 0 Å². The van der Waals surface area contributed by atoms with E-state index < -0.39 is 30.2 Å². The van der Waals surface area contributed by atoms with Crippen LogP contribution < -0.4 is 10.6 Å². The summed E-state index contributed by atoms with van der Waals surface area (Å²) in [7, 11) is 1.44. The zero-order valence-corrected chi connectivity index (χ0v) is 7.27. The number of hydrogen-bond acceptors (Lipinski definition) is 5. The van der Waals surface area contributed by atoms with E-state index >= 15 is 0 Å². The second kappa shape index (κ2) is 4.01. The first-order chi connectivity index (χ1) is 6.11. The third kappa shape index (κ3) is 1.80. The van der Waals surface area contributed by atoms with Crippen molar-refractivity contribution in [2.24, 2.45) is 0 Å². The van der Waals surface area contributed by atoms with Crippen molar-refractivity contribution < 1.29 is 20.1 Å². The SMILES string of the molecule is CNC(=O)[C@@H]1N[C@@H](CO)[C@@H](O)[C@@H]1O. The van der Waals surface area contributed by atoms with Crippen molar-refractivity contribution in [3.05, 3.63) is 0 Å². The van der Waals surface area contributed by atoms with E-state index in [1.807, 2.05) is 0 Å². The molecular formula is C7H14N2O4. The Morgan fingerprint density at radius 3 is 2.46 bits per heavy atom. The van der Waals surface area contributed by atoms with Crippen molar-refractivity contribution in [1.82, 2.24) is 10.6 Å². The fourth-order valence-electron chi connectivity index (χ4n) is 1.41. The van der Waals surface area contributed by atoms with Gasteiger partial charge in [-0.15, -0.1) is 0 Å². The lowest BCUT2D eigenvalue weighted by Crippen LogP contribution is -2.46. The average molecular weight is 190 g/mol. The van der Waals surface area contributed by atoms with Gasteiger partial charge in [-0.3, -0.25) is 10.1 Å². The summed E-state index contributed by atoms with van der Waals surface area (Å²) < 4.78 is 0. The first-order valence-electron chi connectivity index (χ1n) is 4.06. The van der Waals surface area contributed by atoms with Gasteiger partial charge in [0, 0.05) is 7.05 Å². The van der Waals surface area contributed by atoms with Crippen LogP contribution in [0, 0.1) is 0 Å². The molecule has 0 radical (unpaired) electrons. The molecule has 0 unspecified atom stereocenters. The predicted molar refractivity (Wildman–Crippen MR) is 43.9 cm³/mol. The molecule has 0 spiro atoms. The van der Waals surface area contributed by atoms with Gasteiger partial charge in [0.05, 0.1) is 18.8 Å². The van der Waals surface area contributed by atoms with E-state index in [-0.39, 0.29) is 6.61 Å². The summed E-state index contributed by atoms with van der Waals surface area (Å²) in [4.78, 5) is 11.1. The standard InChI is InChI=1S/C7H14N2O4/c1-8-7(13)4-6(12)5(11)3(2-10)9-4/h3-6,9-12H,2H2,1H3,(H,8,13)/t3-,4+,5+,6+/m0/s1. The molecule has 6 heteroatoms. The summed E-state index contributed by atoms with van der Waals surface area (Å²) in [5.74, 6) is -0.400. The lowest BCUT2D eigenvalue weighted by atomic mass is 10.1. The highest BCUT2D eigenvalue weighted by atomic mass is 16.3. The van der Waals surface area contributed by atoms with Gasteiger partial charge in [-0.1, -0.05) is 0 Å². The molecule has 5 N–H and O–H groups in total. The topological polar surface area (TPSA) is 102 Å². The molecule has 1 saturated heterocycles. The van der Waals surface area contributed by atoms with Crippen LogP contribution >= 0.6 is 0 Å². The molecule has 4 atom stereocenters. The molecular weight excluding hydrogens is 176 g/mol. The molecule has 0 aromatic carbocycles. The Bertz CT molecular complexity index is 199. The van der Waals surface area contributed by atoms with Gasteiger partial charge in [-0.05, 0) is 0 Å². The highest BCUT2D eigenvalue weighted by Gasteiger charge is 2.43. The van der Waals surface area contributed by atoms with E-state index in [0.29, 0.717) is 0 Å². The Kier molecular flexibility index (Phi) is 3.21. The number of likely N-dealkylation sites (N-methyl/N-ethyl adjacent to an activating group) is 1.